The molecule has 4 nitrogen and oxygen atoms in total. The van der Waals surface area contributed by atoms with Gasteiger partial charge in [0.05, 0.1) is 11.8 Å². The molecule has 0 aromatic rings. The number of carbonyl (C=O) groups excluding carboxylic acids is 1. The van der Waals surface area contributed by atoms with Gasteiger partial charge in [-0.1, -0.05) is 32.6 Å². The highest BCUT2D eigenvalue weighted by atomic mass is 16.4. The van der Waals surface area contributed by atoms with Crippen LogP contribution < -0.4 is 5.32 Å². The summed E-state index contributed by atoms with van der Waals surface area (Å²) in [6, 6.07) is 0. The van der Waals surface area contributed by atoms with Crippen LogP contribution in [-0.4, -0.2) is 23.5 Å². The first-order valence-corrected chi connectivity index (χ1v) is 8.08. The molecule has 2 aliphatic rings. The monoisotopic (exact) mass is 281 g/mol. The molecule has 114 valence electrons. The summed E-state index contributed by atoms with van der Waals surface area (Å²) in [5, 5.41) is 12.1. The number of carboxylic acid groups (broad SMARTS) is 1. The number of nitrogens with one attached hydrogen (secondary N) is 1. The lowest BCUT2D eigenvalue weighted by molar-refractivity contribution is -0.146. The highest BCUT2D eigenvalue weighted by Crippen LogP contribution is 2.36. The van der Waals surface area contributed by atoms with Gasteiger partial charge < -0.3 is 10.4 Å². The molecule has 2 fully saturated rings. The van der Waals surface area contributed by atoms with Gasteiger partial charge in [-0.25, -0.2) is 0 Å². The average molecular weight is 281 g/mol. The van der Waals surface area contributed by atoms with Gasteiger partial charge in [0.15, 0.2) is 0 Å². The molecule has 0 radical (unpaired) electrons. The SMILES string of the molecule is CC1C[C@H](C(=O)NCCCC2CCCC2)[C@H](C(=O)O)C1. The van der Waals surface area contributed by atoms with E-state index in [2.05, 4.69) is 5.32 Å². The van der Waals surface area contributed by atoms with Crippen molar-refractivity contribution >= 4 is 11.9 Å². The van der Waals surface area contributed by atoms with Crippen molar-refractivity contribution in [1.29, 1.82) is 0 Å². The molecule has 1 unspecified atom stereocenters. The maximum atomic E-state index is 12.1. The van der Waals surface area contributed by atoms with E-state index in [1.165, 1.54) is 32.1 Å². The fraction of sp³-hybridized carbons (Fsp3) is 0.875. The second kappa shape index (κ2) is 7.09. The third-order valence-electron chi connectivity index (χ3n) is 5.02. The number of hydrogen-bond acceptors (Lipinski definition) is 2. The van der Waals surface area contributed by atoms with Gasteiger partial charge in [0, 0.05) is 6.54 Å². The van der Waals surface area contributed by atoms with E-state index in [1.807, 2.05) is 6.92 Å². The molecular weight excluding hydrogens is 254 g/mol. The van der Waals surface area contributed by atoms with Crippen molar-refractivity contribution in [2.45, 2.75) is 58.3 Å². The van der Waals surface area contributed by atoms with Crippen LogP contribution in [0.5, 0.6) is 0 Å². The third kappa shape index (κ3) is 3.97. The number of carboxylic acids is 1. The van der Waals surface area contributed by atoms with Crippen LogP contribution in [0.1, 0.15) is 58.3 Å². The zero-order chi connectivity index (χ0) is 14.5. The van der Waals surface area contributed by atoms with Crippen molar-refractivity contribution in [2.24, 2.45) is 23.7 Å². The van der Waals surface area contributed by atoms with Gasteiger partial charge in [-0.15, -0.1) is 0 Å². The minimum Gasteiger partial charge on any atom is -0.481 e. The Balaban J connectivity index is 1.69. The second-order valence-corrected chi connectivity index (χ2v) is 6.71. The number of amides is 1. The van der Waals surface area contributed by atoms with Gasteiger partial charge in [0.2, 0.25) is 5.91 Å². The van der Waals surface area contributed by atoms with Crippen molar-refractivity contribution in [3.05, 3.63) is 0 Å². The van der Waals surface area contributed by atoms with Crippen molar-refractivity contribution in [1.82, 2.24) is 5.32 Å². The van der Waals surface area contributed by atoms with Gasteiger partial charge in [-0.05, 0) is 37.5 Å². The highest BCUT2D eigenvalue weighted by Gasteiger charge is 2.40. The Hall–Kier alpha value is -1.06. The number of hydrogen-bond donors (Lipinski definition) is 2. The van der Waals surface area contributed by atoms with Crippen molar-refractivity contribution in [3.63, 3.8) is 0 Å². The Morgan fingerprint density at radius 3 is 2.45 bits per heavy atom. The van der Waals surface area contributed by atoms with Crippen molar-refractivity contribution in [3.8, 4) is 0 Å². The summed E-state index contributed by atoms with van der Waals surface area (Å²) in [7, 11) is 0. The van der Waals surface area contributed by atoms with E-state index in [4.69, 9.17) is 0 Å². The second-order valence-electron chi connectivity index (χ2n) is 6.71. The summed E-state index contributed by atoms with van der Waals surface area (Å²) in [5.74, 6) is -0.488. The molecule has 2 saturated carbocycles. The zero-order valence-electron chi connectivity index (χ0n) is 12.4. The topological polar surface area (TPSA) is 66.4 Å². The standard InChI is InChI=1S/C16H27NO3/c1-11-9-13(14(10-11)16(19)20)15(18)17-8-4-7-12-5-2-3-6-12/h11-14H,2-10H2,1H3,(H,17,18)(H,19,20)/t11?,13-,14+/m0/s1. The van der Waals surface area contributed by atoms with E-state index in [1.54, 1.807) is 0 Å². The molecule has 4 heteroatoms. The first kappa shape index (κ1) is 15.3. The smallest absolute Gasteiger partial charge is 0.307 e. The molecule has 0 aromatic carbocycles. The highest BCUT2D eigenvalue weighted by molar-refractivity contribution is 5.85. The van der Waals surface area contributed by atoms with E-state index >= 15 is 0 Å². The van der Waals surface area contributed by atoms with Gasteiger partial charge >= 0.3 is 5.97 Å². The van der Waals surface area contributed by atoms with Crippen LogP contribution in [0.25, 0.3) is 0 Å². The van der Waals surface area contributed by atoms with E-state index in [0.717, 1.165) is 12.3 Å². The molecule has 0 bridgehead atoms. The predicted molar refractivity (Wildman–Crippen MR) is 77.2 cm³/mol. The lowest BCUT2D eigenvalue weighted by atomic mass is 9.95. The summed E-state index contributed by atoms with van der Waals surface area (Å²) in [4.78, 5) is 23.3. The minimum absolute atomic E-state index is 0.0480. The summed E-state index contributed by atoms with van der Waals surface area (Å²) < 4.78 is 0. The predicted octanol–water partition coefficient (Wildman–Crippen LogP) is 2.82. The summed E-state index contributed by atoms with van der Waals surface area (Å²) >= 11 is 0. The van der Waals surface area contributed by atoms with Crippen molar-refractivity contribution in [2.75, 3.05) is 6.54 Å². The fourth-order valence-corrected chi connectivity index (χ4v) is 3.89. The number of aliphatic carboxylic acids is 1. The number of carbonyl (C=O) groups is 2. The van der Waals surface area contributed by atoms with Crippen LogP contribution in [0.4, 0.5) is 0 Å². The molecule has 2 aliphatic carbocycles. The molecule has 20 heavy (non-hydrogen) atoms. The average Bonchev–Trinajstić information content (AvgIpc) is 3.03. The van der Waals surface area contributed by atoms with Gasteiger partial charge in [0.1, 0.15) is 0 Å². The summed E-state index contributed by atoms with van der Waals surface area (Å²) in [6.07, 6.45) is 8.97. The van der Waals surface area contributed by atoms with E-state index in [-0.39, 0.29) is 11.8 Å². The molecular formula is C16H27NO3. The Labute approximate surface area is 121 Å². The Bertz CT molecular complexity index is 350. The fourth-order valence-electron chi connectivity index (χ4n) is 3.89. The van der Waals surface area contributed by atoms with Gasteiger partial charge in [-0.2, -0.15) is 0 Å². The Kier molecular flexibility index (Phi) is 5.44. The first-order chi connectivity index (χ1) is 9.58. The normalized spacial score (nSPS) is 30.6. The third-order valence-corrected chi connectivity index (χ3v) is 5.02. The number of rotatable bonds is 6. The zero-order valence-corrected chi connectivity index (χ0v) is 12.4. The molecule has 0 aliphatic heterocycles. The minimum atomic E-state index is -0.819. The Morgan fingerprint density at radius 2 is 1.80 bits per heavy atom. The summed E-state index contributed by atoms with van der Waals surface area (Å²) in [5.41, 5.74) is 0. The maximum Gasteiger partial charge on any atom is 0.307 e. The molecule has 2 rings (SSSR count). The van der Waals surface area contributed by atoms with Crippen LogP contribution in [-0.2, 0) is 9.59 Å². The van der Waals surface area contributed by atoms with Crippen LogP contribution in [0.15, 0.2) is 0 Å². The van der Waals surface area contributed by atoms with E-state index < -0.39 is 11.9 Å². The van der Waals surface area contributed by atoms with Gasteiger partial charge in [-0.3, -0.25) is 9.59 Å². The Morgan fingerprint density at radius 1 is 1.15 bits per heavy atom. The first-order valence-electron chi connectivity index (χ1n) is 8.08. The van der Waals surface area contributed by atoms with Gasteiger partial charge in [0.25, 0.3) is 0 Å². The maximum absolute atomic E-state index is 12.1. The largest absolute Gasteiger partial charge is 0.481 e. The molecule has 1 amide bonds. The molecule has 2 N–H and O–H groups in total. The van der Waals surface area contributed by atoms with Crippen molar-refractivity contribution < 1.29 is 14.7 Å². The van der Waals surface area contributed by atoms with Crippen LogP contribution >= 0.6 is 0 Å². The molecule has 0 spiro atoms. The molecule has 0 saturated heterocycles. The van der Waals surface area contributed by atoms with Crippen LogP contribution in [0, 0.1) is 23.7 Å². The van der Waals surface area contributed by atoms with E-state index in [9.17, 15) is 14.7 Å². The van der Waals surface area contributed by atoms with Crippen LogP contribution in [0.3, 0.4) is 0 Å². The lowest BCUT2D eigenvalue weighted by Crippen LogP contribution is -2.35. The quantitative estimate of drug-likeness (QED) is 0.736. The molecule has 0 aromatic heterocycles. The molecule has 3 atom stereocenters. The van der Waals surface area contributed by atoms with E-state index in [0.29, 0.717) is 25.3 Å². The summed E-state index contributed by atoms with van der Waals surface area (Å²) in [6.45, 7) is 2.73. The lowest BCUT2D eigenvalue weighted by Gasteiger charge is -2.16. The van der Waals surface area contributed by atoms with Crippen LogP contribution in [0.2, 0.25) is 0 Å². The molecule has 0 heterocycles.